The molecule has 0 radical (unpaired) electrons. The maximum absolute atomic E-state index is 13.8. The summed E-state index contributed by atoms with van der Waals surface area (Å²) in [5.74, 6) is 0.456. The lowest BCUT2D eigenvalue weighted by atomic mass is 9.96. The van der Waals surface area contributed by atoms with E-state index in [-0.39, 0.29) is 16.8 Å². The Kier molecular flexibility index (Phi) is 9.40. The molecule has 38 heavy (non-hydrogen) atoms. The Labute approximate surface area is 230 Å². The zero-order valence-electron chi connectivity index (χ0n) is 22.7. The van der Waals surface area contributed by atoms with Gasteiger partial charge in [0.05, 0.1) is 16.7 Å². The van der Waals surface area contributed by atoms with Crippen LogP contribution < -0.4 is 9.64 Å². The summed E-state index contributed by atoms with van der Waals surface area (Å²) in [7, 11) is -0.352. The number of likely N-dealkylation sites (N-methyl/N-ethyl adjacent to an activating group) is 1. The van der Waals surface area contributed by atoms with Crippen molar-refractivity contribution in [3.05, 3.63) is 48.0 Å². The molecule has 0 bridgehead atoms. The van der Waals surface area contributed by atoms with Crippen molar-refractivity contribution in [1.29, 1.82) is 0 Å². The number of rotatable bonds is 11. The van der Waals surface area contributed by atoms with Gasteiger partial charge in [-0.05, 0) is 62.3 Å². The van der Waals surface area contributed by atoms with Gasteiger partial charge in [0, 0.05) is 31.7 Å². The fourth-order valence-corrected chi connectivity index (χ4v) is 7.41. The van der Waals surface area contributed by atoms with E-state index in [1.54, 1.807) is 43.3 Å². The van der Waals surface area contributed by atoms with Crippen LogP contribution in [0.5, 0.6) is 5.75 Å². The van der Waals surface area contributed by atoms with Gasteiger partial charge in [-0.15, -0.1) is 0 Å². The molecule has 1 saturated carbocycles. The second-order valence-corrected chi connectivity index (χ2v) is 12.6. The molecule has 3 aromatic rings. The molecular weight excluding hydrogens is 520 g/mol. The average molecular weight is 559 g/mol. The van der Waals surface area contributed by atoms with Gasteiger partial charge in [0.15, 0.2) is 5.13 Å². The quantitative estimate of drug-likeness (QED) is 0.320. The van der Waals surface area contributed by atoms with Crippen LogP contribution in [0, 0.1) is 0 Å². The number of para-hydroxylation sites is 1. The van der Waals surface area contributed by atoms with Gasteiger partial charge in [-0.3, -0.25) is 9.69 Å². The molecule has 1 heterocycles. The minimum Gasteiger partial charge on any atom is -0.494 e. The number of aromatic nitrogens is 1. The monoisotopic (exact) mass is 558 g/mol. The summed E-state index contributed by atoms with van der Waals surface area (Å²) in [6.45, 7) is 7.13. The van der Waals surface area contributed by atoms with E-state index in [1.165, 1.54) is 15.6 Å². The van der Waals surface area contributed by atoms with Gasteiger partial charge in [-0.25, -0.2) is 13.4 Å². The maximum Gasteiger partial charge on any atom is 0.260 e. The van der Waals surface area contributed by atoms with Gasteiger partial charge in [0.2, 0.25) is 10.0 Å². The number of nitrogens with zero attached hydrogens (tertiary/aromatic N) is 4. The normalized spacial score (nSPS) is 14.9. The van der Waals surface area contributed by atoms with E-state index < -0.39 is 10.0 Å². The molecule has 0 N–H and O–H groups in total. The molecule has 8 nitrogen and oxygen atoms in total. The first-order valence-electron chi connectivity index (χ1n) is 13.4. The fraction of sp³-hybridized carbons (Fsp3) is 0.500. The van der Waals surface area contributed by atoms with Crippen molar-refractivity contribution in [3.8, 4) is 5.75 Å². The molecule has 206 valence electrons. The predicted molar refractivity (Wildman–Crippen MR) is 154 cm³/mol. The molecule has 0 saturated heterocycles. The van der Waals surface area contributed by atoms with Gasteiger partial charge in [0.25, 0.3) is 5.91 Å². The van der Waals surface area contributed by atoms with Crippen molar-refractivity contribution < 1.29 is 17.9 Å². The van der Waals surface area contributed by atoms with Crippen LogP contribution in [-0.4, -0.2) is 74.9 Å². The number of hydrogen-bond acceptors (Lipinski definition) is 7. The van der Waals surface area contributed by atoms with E-state index in [0.717, 1.165) is 55.4 Å². The van der Waals surface area contributed by atoms with Crippen LogP contribution >= 0.6 is 11.3 Å². The molecular formula is C28H38N4O4S2. The summed E-state index contributed by atoms with van der Waals surface area (Å²) in [5.41, 5.74) is 1.15. The number of benzene rings is 2. The topological polar surface area (TPSA) is 83.1 Å². The Morgan fingerprint density at radius 2 is 1.71 bits per heavy atom. The molecule has 10 heteroatoms. The summed E-state index contributed by atoms with van der Waals surface area (Å²) in [4.78, 5) is 22.7. The van der Waals surface area contributed by atoms with Gasteiger partial charge in [0.1, 0.15) is 11.3 Å². The van der Waals surface area contributed by atoms with Crippen molar-refractivity contribution in [1.82, 2.24) is 14.2 Å². The maximum atomic E-state index is 13.8. The molecule has 1 aromatic heterocycles. The Bertz CT molecular complexity index is 1330. The van der Waals surface area contributed by atoms with E-state index >= 15 is 0 Å². The van der Waals surface area contributed by atoms with Crippen LogP contribution in [0.3, 0.4) is 0 Å². The third-order valence-electron chi connectivity index (χ3n) is 7.47. The summed E-state index contributed by atoms with van der Waals surface area (Å²) < 4.78 is 34.5. The first-order chi connectivity index (χ1) is 18.3. The largest absolute Gasteiger partial charge is 0.494 e. The van der Waals surface area contributed by atoms with E-state index in [2.05, 4.69) is 18.7 Å². The number of fused-ring (bicyclic) bond motifs is 1. The van der Waals surface area contributed by atoms with Crippen molar-refractivity contribution in [2.75, 3.05) is 45.2 Å². The molecule has 0 spiro atoms. The van der Waals surface area contributed by atoms with Gasteiger partial charge < -0.3 is 9.64 Å². The van der Waals surface area contributed by atoms with Gasteiger partial charge in [-0.1, -0.05) is 50.5 Å². The van der Waals surface area contributed by atoms with E-state index in [9.17, 15) is 13.2 Å². The second kappa shape index (κ2) is 12.5. The zero-order chi connectivity index (χ0) is 27.3. The second-order valence-electron chi connectivity index (χ2n) is 9.62. The number of anilines is 1. The molecule has 0 aliphatic heterocycles. The third-order valence-corrected chi connectivity index (χ3v) is 10.4. The number of thiazole rings is 1. The highest BCUT2D eigenvalue weighted by atomic mass is 32.2. The average Bonchev–Trinajstić information content (AvgIpc) is 3.39. The lowest BCUT2D eigenvalue weighted by Gasteiger charge is -2.30. The van der Waals surface area contributed by atoms with Crippen molar-refractivity contribution >= 4 is 42.6 Å². The number of hydrogen-bond donors (Lipinski definition) is 0. The predicted octanol–water partition coefficient (Wildman–Crippen LogP) is 5.25. The summed E-state index contributed by atoms with van der Waals surface area (Å²) in [5, 5.41) is 0.593. The molecule has 0 atom stereocenters. The molecule has 2 aromatic carbocycles. The standard InChI is InChI=1S/C28H38N4O4S2/c1-5-31(6-2)19-20-32(28-29-26-24(36-4)13-10-14-25(26)37-28)27(33)21-15-17-23(18-16-21)38(34,35)30(3)22-11-8-7-9-12-22/h10,13-18,22H,5-9,11-12,19-20H2,1-4H3. The van der Waals surface area contributed by atoms with Crippen LogP contribution in [0.4, 0.5) is 5.13 Å². The first kappa shape index (κ1) is 28.5. The van der Waals surface area contributed by atoms with E-state index in [1.807, 2.05) is 18.2 Å². The molecule has 1 aliphatic carbocycles. The summed E-state index contributed by atoms with van der Waals surface area (Å²) >= 11 is 1.44. The smallest absolute Gasteiger partial charge is 0.260 e. The molecule has 4 rings (SSSR count). The van der Waals surface area contributed by atoms with Crippen LogP contribution in [-0.2, 0) is 10.0 Å². The SMILES string of the molecule is CCN(CC)CCN(C(=O)c1ccc(S(=O)(=O)N(C)C2CCCCC2)cc1)c1nc2c(OC)cccc2s1. The lowest BCUT2D eigenvalue weighted by molar-refractivity contribution is 0.0983. The van der Waals surface area contributed by atoms with Crippen molar-refractivity contribution in [3.63, 3.8) is 0 Å². The minimum atomic E-state index is -3.63. The molecule has 1 fully saturated rings. The van der Waals surface area contributed by atoms with E-state index in [0.29, 0.717) is 29.5 Å². The first-order valence-corrected chi connectivity index (χ1v) is 15.6. The highest BCUT2D eigenvalue weighted by Crippen LogP contribution is 2.35. The van der Waals surface area contributed by atoms with Crippen LogP contribution in [0.1, 0.15) is 56.3 Å². The summed E-state index contributed by atoms with van der Waals surface area (Å²) in [6, 6.07) is 12.1. The highest BCUT2D eigenvalue weighted by molar-refractivity contribution is 7.89. The number of ether oxygens (including phenoxy) is 1. The number of carbonyl (C=O) groups is 1. The molecule has 0 unspecified atom stereocenters. The van der Waals surface area contributed by atoms with Crippen LogP contribution in [0.25, 0.3) is 10.2 Å². The van der Waals surface area contributed by atoms with Gasteiger partial charge >= 0.3 is 0 Å². The fourth-order valence-electron chi connectivity index (χ4n) is 4.99. The number of methoxy groups -OCH3 is 1. The van der Waals surface area contributed by atoms with Gasteiger partial charge in [-0.2, -0.15) is 4.31 Å². The highest BCUT2D eigenvalue weighted by Gasteiger charge is 2.30. The van der Waals surface area contributed by atoms with Crippen LogP contribution in [0.15, 0.2) is 47.4 Å². The van der Waals surface area contributed by atoms with E-state index in [4.69, 9.17) is 9.72 Å². The Morgan fingerprint density at radius 1 is 1.03 bits per heavy atom. The summed E-state index contributed by atoms with van der Waals surface area (Å²) in [6.07, 6.45) is 5.05. The molecule has 1 amide bonds. The Balaban J connectivity index is 1.61. The minimum absolute atomic E-state index is 0.0293. The molecule has 1 aliphatic rings. The Morgan fingerprint density at radius 3 is 2.34 bits per heavy atom. The lowest BCUT2D eigenvalue weighted by Crippen LogP contribution is -2.39. The Hall–Kier alpha value is -2.53. The third kappa shape index (κ3) is 6.03. The number of carbonyl (C=O) groups excluding carboxylic acids is 1. The van der Waals surface area contributed by atoms with Crippen molar-refractivity contribution in [2.24, 2.45) is 0 Å². The van der Waals surface area contributed by atoms with Crippen molar-refractivity contribution in [2.45, 2.75) is 56.9 Å². The number of amides is 1. The zero-order valence-corrected chi connectivity index (χ0v) is 24.4. The number of sulfonamides is 1. The van der Waals surface area contributed by atoms with Crippen LogP contribution in [0.2, 0.25) is 0 Å².